The molecule has 168 valence electrons. The summed E-state index contributed by atoms with van der Waals surface area (Å²) in [6, 6.07) is 6.75. The van der Waals surface area contributed by atoms with Gasteiger partial charge in [-0.05, 0) is 43.0 Å². The quantitative estimate of drug-likeness (QED) is 0.574. The molecule has 1 atom stereocenters. The Morgan fingerprint density at radius 3 is 2.48 bits per heavy atom. The minimum absolute atomic E-state index is 0.0258. The SMILES string of the molecule is CC(C)[C@H](NC(=O)c1ccc(Cl)cc1)c1nnc(SCC(=O)NC2CCCCC2)n1C. The molecule has 0 aliphatic heterocycles. The third kappa shape index (κ3) is 6.46. The number of rotatable bonds is 8. The van der Waals surface area contributed by atoms with Gasteiger partial charge in [0.2, 0.25) is 5.91 Å². The average molecular weight is 464 g/mol. The van der Waals surface area contributed by atoms with Crippen LogP contribution in [0, 0.1) is 5.92 Å². The molecule has 0 unspecified atom stereocenters. The summed E-state index contributed by atoms with van der Waals surface area (Å²) < 4.78 is 1.85. The van der Waals surface area contributed by atoms with Crippen molar-refractivity contribution in [2.45, 2.75) is 63.2 Å². The van der Waals surface area contributed by atoms with Crippen LogP contribution in [0.5, 0.6) is 0 Å². The lowest BCUT2D eigenvalue weighted by molar-refractivity contribution is -0.119. The zero-order chi connectivity index (χ0) is 22.4. The molecule has 0 spiro atoms. The average Bonchev–Trinajstić information content (AvgIpc) is 3.11. The molecule has 7 nitrogen and oxygen atoms in total. The molecule has 1 fully saturated rings. The van der Waals surface area contributed by atoms with Crippen molar-refractivity contribution < 1.29 is 9.59 Å². The van der Waals surface area contributed by atoms with E-state index in [2.05, 4.69) is 20.8 Å². The Morgan fingerprint density at radius 2 is 1.84 bits per heavy atom. The van der Waals surface area contributed by atoms with Crippen LogP contribution < -0.4 is 10.6 Å². The normalized spacial score (nSPS) is 15.6. The van der Waals surface area contributed by atoms with E-state index in [4.69, 9.17) is 11.6 Å². The van der Waals surface area contributed by atoms with Crippen molar-refractivity contribution in [3.8, 4) is 0 Å². The first-order valence-corrected chi connectivity index (χ1v) is 12.1. The van der Waals surface area contributed by atoms with Gasteiger partial charge in [-0.25, -0.2) is 0 Å². The van der Waals surface area contributed by atoms with Crippen LogP contribution in [-0.4, -0.2) is 38.4 Å². The van der Waals surface area contributed by atoms with Crippen LogP contribution in [0.2, 0.25) is 5.02 Å². The van der Waals surface area contributed by atoms with Crippen molar-refractivity contribution in [2.24, 2.45) is 13.0 Å². The summed E-state index contributed by atoms with van der Waals surface area (Å²) in [7, 11) is 1.86. The fraction of sp³-hybridized carbons (Fsp3) is 0.545. The number of nitrogens with one attached hydrogen (secondary N) is 2. The van der Waals surface area contributed by atoms with E-state index in [1.165, 1.54) is 31.0 Å². The van der Waals surface area contributed by atoms with Gasteiger partial charge in [0, 0.05) is 23.7 Å². The fourth-order valence-corrected chi connectivity index (χ4v) is 4.58. The maximum atomic E-state index is 12.7. The van der Waals surface area contributed by atoms with Crippen LogP contribution in [-0.2, 0) is 11.8 Å². The number of carbonyl (C=O) groups is 2. The Balaban J connectivity index is 1.62. The van der Waals surface area contributed by atoms with Crippen molar-refractivity contribution >= 4 is 35.2 Å². The number of nitrogens with zero attached hydrogens (tertiary/aromatic N) is 3. The molecule has 1 aliphatic carbocycles. The Kier molecular flexibility index (Phi) is 8.37. The number of halogens is 1. The molecule has 1 aliphatic rings. The molecule has 0 bridgehead atoms. The highest BCUT2D eigenvalue weighted by Crippen LogP contribution is 2.25. The highest BCUT2D eigenvalue weighted by molar-refractivity contribution is 7.99. The molecule has 1 aromatic heterocycles. The summed E-state index contributed by atoms with van der Waals surface area (Å²) in [4.78, 5) is 25.0. The minimum Gasteiger partial charge on any atom is -0.353 e. The van der Waals surface area contributed by atoms with E-state index in [1.54, 1.807) is 24.3 Å². The van der Waals surface area contributed by atoms with E-state index in [-0.39, 0.29) is 23.8 Å². The second-order valence-electron chi connectivity index (χ2n) is 8.29. The van der Waals surface area contributed by atoms with Gasteiger partial charge in [0.15, 0.2) is 11.0 Å². The van der Waals surface area contributed by atoms with E-state index >= 15 is 0 Å². The summed E-state index contributed by atoms with van der Waals surface area (Å²) in [6.45, 7) is 4.04. The maximum Gasteiger partial charge on any atom is 0.251 e. The predicted molar refractivity (Wildman–Crippen MR) is 123 cm³/mol. The molecule has 1 saturated carbocycles. The third-order valence-electron chi connectivity index (χ3n) is 5.51. The van der Waals surface area contributed by atoms with E-state index in [1.807, 2.05) is 25.5 Å². The van der Waals surface area contributed by atoms with Gasteiger partial charge in [-0.3, -0.25) is 9.59 Å². The first-order valence-electron chi connectivity index (χ1n) is 10.7. The van der Waals surface area contributed by atoms with Gasteiger partial charge in [0.25, 0.3) is 5.91 Å². The highest BCUT2D eigenvalue weighted by atomic mass is 35.5. The molecule has 1 aromatic carbocycles. The predicted octanol–water partition coefficient (Wildman–Crippen LogP) is 4.14. The Morgan fingerprint density at radius 1 is 1.16 bits per heavy atom. The lowest BCUT2D eigenvalue weighted by atomic mass is 9.95. The molecule has 1 heterocycles. The molecule has 0 radical (unpaired) electrons. The summed E-state index contributed by atoms with van der Waals surface area (Å²) in [5.41, 5.74) is 0.534. The van der Waals surface area contributed by atoms with E-state index in [0.717, 1.165) is 12.8 Å². The summed E-state index contributed by atoms with van der Waals surface area (Å²) >= 11 is 7.27. The van der Waals surface area contributed by atoms with Crippen molar-refractivity contribution in [3.63, 3.8) is 0 Å². The van der Waals surface area contributed by atoms with Gasteiger partial charge in [0.05, 0.1) is 11.8 Å². The first-order chi connectivity index (χ1) is 14.8. The third-order valence-corrected chi connectivity index (χ3v) is 6.78. The number of benzene rings is 1. The number of hydrogen-bond acceptors (Lipinski definition) is 5. The Hall–Kier alpha value is -2.06. The zero-order valence-electron chi connectivity index (χ0n) is 18.2. The van der Waals surface area contributed by atoms with Crippen LogP contribution >= 0.6 is 23.4 Å². The second kappa shape index (κ2) is 11.0. The monoisotopic (exact) mass is 463 g/mol. The smallest absolute Gasteiger partial charge is 0.251 e. The maximum absolute atomic E-state index is 12.7. The van der Waals surface area contributed by atoms with Gasteiger partial charge in [-0.2, -0.15) is 0 Å². The van der Waals surface area contributed by atoms with Crippen LogP contribution in [0.1, 0.15) is 68.2 Å². The highest BCUT2D eigenvalue weighted by Gasteiger charge is 2.25. The van der Waals surface area contributed by atoms with Gasteiger partial charge in [-0.1, -0.05) is 56.5 Å². The van der Waals surface area contributed by atoms with E-state index in [0.29, 0.717) is 33.4 Å². The minimum atomic E-state index is -0.314. The van der Waals surface area contributed by atoms with E-state index in [9.17, 15) is 9.59 Å². The molecule has 2 amide bonds. The molecular formula is C22H30ClN5O2S. The van der Waals surface area contributed by atoms with Crippen molar-refractivity contribution in [2.75, 3.05) is 5.75 Å². The molecular weight excluding hydrogens is 434 g/mol. The van der Waals surface area contributed by atoms with Crippen LogP contribution in [0.4, 0.5) is 0 Å². The number of hydrogen-bond donors (Lipinski definition) is 2. The summed E-state index contributed by atoms with van der Waals surface area (Å²) in [5.74, 6) is 0.891. The lowest BCUT2D eigenvalue weighted by Gasteiger charge is -2.22. The number of carbonyl (C=O) groups excluding carboxylic acids is 2. The van der Waals surface area contributed by atoms with Crippen molar-refractivity contribution in [1.82, 2.24) is 25.4 Å². The summed E-state index contributed by atoms with van der Waals surface area (Å²) in [6.07, 6.45) is 5.75. The fourth-order valence-electron chi connectivity index (χ4n) is 3.72. The zero-order valence-corrected chi connectivity index (χ0v) is 19.8. The number of amides is 2. The second-order valence-corrected chi connectivity index (χ2v) is 9.67. The van der Waals surface area contributed by atoms with Gasteiger partial charge in [-0.15, -0.1) is 10.2 Å². The lowest BCUT2D eigenvalue weighted by Crippen LogP contribution is -2.37. The molecule has 2 aromatic rings. The van der Waals surface area contributed by atoms with Crippen molar-refractivity contribution in [3.05, 3.63) is 40.7 Å². The van der Waals surface area contributed by atoms with E-state index < -0.39 is 0 Å². The molecule has 0 saturated heterocycles. The van der Waals surface area contributed by atoms with Crippen LogP contribution in [0.25, 0.3) is 0 Å². The standard InChI is InChI=1S/C22H30ClN5O2S/c1-14(2)19(25-21(30)15-9-11-16(23)12-10-15)20-26-27-22(28(20)3)31-13-18(29)24-17-7-5-4-6-8-17/h9-12,14,17,19H,4-8,13H2,1-3H3,(H,24,29)(H,25,30)/t19-/m0/s1. The van der Waals surface area contributed by atoms with Crippen molar-refractivity contribution in [1.29, 1.82) is 0 Å². The largest absolute Gasteiger partial charge is 0.353 e. The molecule has 31 heavy (non-hydrogen) atoms. The van der Waals surface area contributed by atoms with Crippen LogP contribution in [0.3, 0.4) is 0 Å². The molecule has 2 N–H and O–H groups in total. The topological polar surface area (TPSA) is 88.9 Å². The molecule has 9 heteroatoms. The molecule has 3 rings (SSSR count). The van der Waals surface area contributed by atoms with Crippen LogP contribution in [0.15, 0.2) is 29.4 Å². The number of thioether (sulfide) groups is 1. The first kappa shape index (κ1) is 23.6. The summed E-state index contributed by atoms with van der Waals surface area (Å²) in [5, 5.41) is 16.0. The van der Waals surface area contributed by atoms with Gasteiger partial charge >= 0.3 is 0 Å². The van der Waals surface area contributed by atoms with Gasteiger partial charge in [0.1, 0.15) is 0 Å². The number of aromatic nitrogens is 3. The Labute approximate surface area is 192 Å². The Bertz CT molecular complexity index is 894. The van der Waals surface area contributed by atoms with Gasteiger partial charge < -0.3 is 15.2 Å².